The predicted octanol–water partition coefficient (Wildman–Crippen LogP) is 2.91. The number of ketones is 1. The summed E-state index contributed by atoms with van der Waals surface area (Å²) in [6, 6.07) is 6.80. The van der Waals surface area contributed by atoms with Gasteiger partial charge in [-0.15, -0.1) is 11.3 Å². The molecular weight excluding hydrogens is 248 g/mol. The van der Waals surface area contributed by atoms with Crippen LogP contribution in [0.5, 0.6) is 0 Å². The average molecular weight is 260 g/mol. The van der Waals surface area contributed by atoms with Gasteiger partial charge < -0.3 is 5.32 Å². The van der Waals surface area contributed by atoms with E-state index in [1.165, 1.54) is 18.3 Å². The Bertz CT molecular complexity index is 587. The molecule has 0 fully saturated rings. The van der Waals surface area contributed by atoms with Crippen molar-refractivity contribution in [3.63, 3.8) is 0 Å². The van der Waals surface area contributed by atoms with Crippen molar-refractivity contribution in [2.75, 3.05) is 5.32 Å². The molecular formula is C13H12N2O2S. The lowest BCUT2D eigenvalue weighted by atomic mass is 10.1. The minimum atomic E-state index is -0.184. The van der Waals surface area contributed by atoms with Gasteiger partial charge in [0.15, 0.2) is 5.78 Å². The highest BCUT2D eigenvalue weighted by Gasteiger charge is 2.09. The van der Waals surface area contributed by atoms with Crippen molar-refractivity contribution in [2.45, 2.75) is 13.8 Å². The van der Waals surface area contributed by atoms with E-state index < -0.39 is 0 Å². The van der Waals surface area contributed by atoms with Crippen molar-refractivity contribution >= 4 is 28.7 Å². The summed E-state index contributed by atoms with van der Waals surface area (Å²) in [6.45, 7) is 3.36. The Morgan fingerprint density at radius 2 is 1.89 bits per heavy atom. The second-order valence-corrected chi connectivity index (χ2v) is 5.07. The van der Waals surface area contributed by atoms with Crippen LogP contribution in [0, 0.1) is 6.92 Å². The number of thiazole rings is 1. The SMILES string of the molecule is CC(=O)c1ccc(NC(=O)c2cnc(C)s2)cc1. The number of carbonyl (C=O) groups is 2. The molecule has 0 bridgehead atoms. The number of carbonyl (C=O) groups excluding carboxylic acids is 2. The number of anilines is 1. The number of benzene rings is 1. The van der Waals surface area contributed by atoms with Crippen molar-refractivity contribution in [1.82, 2.24) is 4.98 Å². The van der Waals surface area contributed by atoms with Gasteiger partial charge in [-0.05, 0) is 38.1 Å². The zero-order chi connectivity index (χ0) is 13.1. The van der Waals surface area contributed by atoms with Crippen LogP contribution in [0.25, 0.3) is 0 Å². The molecule has 0 aliphatic heterocycles. The van der Waals surface area contributed by atoms with Crippen LogP contribution in [0.1, 0.15) is 32.0 Å². The van der Waals surface area contributed by atoms with E-state index in [-0.39, 0.29) is 11.7 Å². The highest BCUT2D eigenvalue weighted by molar-refractivity contribution is 7.13. The molecule has 5 heteroatoms. The minimum absolute atomic E-state index is 0.00552. The summed E-state index contributed by atoms with van der Waals surface area (Å²) in [4.78, 5) is 27.5. The van der Waals surface area contributed by atoms with Crippen molar-refractivity contribution in [3.8, 4) is 0 Å². The van der Waals surface area contributed by atoms with Crippen LogP contribution >= 0.6 is 11.3 Å². The molecule has 1 N–H and O–H groups in total. The van der Waals surface area contributed by atoms with Crippen molar-refractivity contribution in [1.29, 1.82) is 0 Å². The summed E-state index contributed by atoms with van der Waals surface area (Å²) in [7, 11) is 0. The van der Waals surface area contributed by atoms with Gasteiger partial charge in [0.25, 0.3) is 5.91 Å². The quantitative estimate of drug-likeness (QED) is 0.863. The van der Waals surface area contributed by atoms with E-state index in [1.54, 1.807) is 30.5 Å². The summed E-state index contributed by atoms with van der Waals surface area (Å²) in [6.07, 6.45) is 1.55. The molecule has 0 radical (unpaired) electrons. The Morgan fingerprint density at radius 3 is 2.39 bits per heavy atom. The lowest BCUT2D eigenvalue weighted by Gasteiger charge is -2.03. The molecule has 1 aromatic heterocycles. The number of nitrogens with zero attached hydrogens (tertiary/aromatic N) is 1. The average Bonchev–Trinajstić information content (AvgIpc) is 2.76. The Morgan fingerprint density at radius 1 is 1.22 bits per heavy atom. The monoisotopic (exact) mass is 260 g/mol. The van der Waals surface area contributed by atoms with E-state index in [4.69, 9.17) is 0 Å². The lowest BCUT2D eigenvalue weighted by molar-refractivity contribution is 0.101. The highest BCUT2D eigenvalue weighted by Crippen LogP contribution is 2.15. The van der Waals surface area contributed by atoms with Crippen molar-refractivity contribution in [2.24, 2.45) is 0 Å². The van der Waals surface area contributed by atoms with Gasteiger partial charge in [-0.2, -0.15) is 0 Å². The zero-order valence-electron chi connectivity index (χ0n) is 10.1. The molecule has 0 atom stereocenters. The van der Waals surface area contributed by atoms with Crippen molar-refractivity contribution < 1.29 is 9.59 Å². The van der Waals surface area contributed by atoms with Crippen molar-refractivity contribution in [3.05, 3.63) is 45.9 Å². The predicted molar refractivity (Wildman–Crippen MR) is 71.3 cm³/mol. The van der Waals surface area contributed by atoms with Crippen LogP contribution in [0.2, 0.25) is 0 Å². The summed E-state index contributed by atoms with van der Waals surface area (Å²) in [5, 5.41) is 3.61. The Balaban J connectivity index is 2.10. The van der Waals surface area contributed by atoms with E-state index in [2.05, 4.69) is 10.3 Å². The number of aryl methyl sites for hydroxylation is 1. The number of hydrogen-bond acceptors (Lipinski definition) is 4. The third-order valence-electron chi connectivity index (χ3n) is 2.39. The Labute approximate surface area is 109 Å². The van der Waals surface area contributed by atoms with Gasteiger partial charge in [-0.25, -0.2) is 4.98 Å². The maximum atomic E-state index is 11.8. The van der Waals surface area contributed by atoms with E-state index in [0.29, 0.717) is 16.1 Å². The molecule has 0 spiro atoms. The summed E-state index contributed by atoms with van der Waals surface area (Å²) < 4.78 is 0. The first-order chi connectivity index (χ1) is 8.56. The van der Waals surface area contributed by atoms with E-state index >= 15 is 0 Å². The summed E-state index contributed by atoms with van der Waals surface area (Å²) in [5.41, 5.74) is 1.29. The molecule has 0 saturated carbocycles. The fraction of sp³-hybridized carbons (Fsp3) is 0.154. The molecule has 92 valence electrons. The molecule has 2 rings (SSSR count). The normalized spacial score (nSPS) is 10.1. The van der Waals surface area contributed by atoms with Gasteiger partial charge in [0, 0.05) is 11.3 Å². The second kappa shape index (κ2) is 5.10. The standard InChI is InChI=1S/C13H12N2O2S/c1-8(16)10-3-5-11(6-4-10)15-13(17)12-7-14-9(2)18-12/h3-7H,1-2H3,(H,15,17). The van der Waals surface area contributed by atoms with Crippen LogP contribution in [0.4, 0.5) is 5.69 Å². The Hall–Kier alpha value is -2.01. The molecule has 18 heavy (non-hydrogen) atoms. The number of aromatic nitrogens is 1. The van der Waals surface area contributed by atoms with Gasteiger partial charge >= 0.3 is 0 Å². The van der Waals surface area contributed by atoms with Crippen LogP contribution < -0.4 is 5.32 Å². The Kier molecular flexibility index (Phi) is 3.53. The number of nitrogens with one attached hydrogen (secondary N) is 1. The summed E-state index contributed by atoms with van der Waals surface area (Å²) in [5.74, 6) is -0.179. The van der Waals surface area contributed by atoms with Gasteiger partial charge in [0.1, 0.15) is 4.88 Å². The van der Waals surface area contributed by atoms with Gasteiger partial charge in [-0.1, -0.05) is 0 Å². The molecule has 1 heterocycles. The smallest absolute Gasteiger partial charge is 0.267 e. The molecule has 1 amide bonds. The number of amides is 1. The van der Waals surface area contributed by atoms with E-state index in [9.17, 15) is 9.59 Å². The number of rotatable bonds is 3. The largest absolute Gasteiger partial charge is 0.321 e. The molecule has 0 aliphatic rings. The van der Waals surface area contributed by atoms with E-state index in [1.807, 2.05) is 6.92 Å². The third kappa shape index (κ3) is 2.81. The fourth-order valence-corrected chi connectivity index (χ4v) is 2.12. The first-order valence-corrected chi connectivity index (χ1v) is 6.22. The molecule has 4 nitrogen and oxygen atoms in total. The molecule has 0 unspecified atom stereocenters. The molecule has 2 aromatic rings. The summed E-state index contributed by atoms with van der Waals surface area (Å²) >= 11 is 1.35. The first-order valence-electron chi connectivity index (χ1n) is 5.41. The molecule has 0 saturated heterocycles. The zero-order valence-corrected chi connectivity index (χ0v) is 10.9. The second-order valence-electron chi connectivity index (χ2n) is 3.83. The maximum Gasteiger partial charge on any atom is 0.267 e. The first kappa shape index (κ1) is 12.4. The molecule has 0 aliphatic carbocycles. The lowest BCUT2D eigenvalue weighted by Crippen LogP contribution is -2.10. The van der Waals surface area contributed by atoms with Gasteiger partial charge in [0.2, 0.25) is 0 Å². The van der Waals surface area contributed by atoms with Crippen LogP contribution in [0.15, 0.2) is 30.5 Å². The number of hydrogen-bond donors (Lipinski definition) is 1. The van der Waals surface area contributed by atoms with Crippen LogP contribution in [0.3, 0.4) is 0 Å². The maximum absolute atomic E-state index is 11.8. The van der Waals surface area contributed by atoms with E-state index in [0.717, 1.165) is 5.01 Å². The highest BCUT2D eigenvalue weighted by atomic mass is 32.1. The minimum Gasteiger partial charge on any atom is -0.321 e. The third-order valence-corrected chi connectivity index (χ3v) is 3.31. The topological polar surface area (TPSA) is 59.1 Å². The van der Waals surface area contributed by atoms with Gasteiger partial charge in [-0.3, -0.25) is 9.59 Å². The number of Topliss-reactive ketones (excluding diaryl/α,β-unsaturated/α-hetero) is 1. The fourth-order valence-electron chi connectivity index (χ4n) is 1.45. The van der Waals surface area contributed by atoms with Crippen LogP contribution in [-0.2, 0) is 0 Å². The molecule has 1 aromatic carbocycles. The van der Waals surface area contributed by atoms with Gasteiger partial charge in [0.05, 0.1) is 11.2 Å². The van der Waals surface area contributed by atoms with Crippen LogP contribution in [-0.4, -0.2) is 16.7 Å².